The van der Waals surface area contributed by atoms with Crippen LogP contribution in [-0.2, 0) is 9.53 Å². The van der Waals surface area contributed by atoms with E-state index in [0.29, 0.717) is 0 Å². The Morgan fingerprint density at radius 1 is 1.38 bits per heavy atom. The summed E-state index contributed by atoms with van der Waals surface area (Å²) in [6.45, 7) is 4.62. The highest BCUT2D eigenvalue weighted by atomic mass is 19.4. The smallest absolute Gasteiger partial charge is 0.408 e. The molecule has 1 atom stereocenters. The van der Waals surface area contributed by atoms with E-state index in [0.717, 1.165) is 17.8 Å². The number of hydrazone groups is 1. The molecular weight excluding hydrogens is 391 g/mol. The predicted octanol–water partition coefficient (Wildman–Crippen LogP) is 2.48. The first kappa shape index (κ1) is 21.9. The molecule has 0 saturated heterocycles. The third kappa shape index (κ3) is 5.30. The summed E-state index contributed by atoms with van der Waals surface area (Å²) in [5.74, 6) is -0.635. The first-order valence-electron chi connectivity index (χ1n) is 8.28. The average Bonchev–Trinajstić information content (AvgIpc) is 3.13. The number of hydrogen-bond acceptors (Lipinski definition) is 7. The lowest BCUT2D eigenvalue weighted by Crippen LogP contribution is -2.24. The van der Waals surface area contributed by atoms with Crippen LogP contribution in [-0.4, -0.2) is 63.9 Å². The molecule has 0 radical (unpaired) electrons. The van der Waals surface area contributed by atoms with E-state index >= 15 is 0 Å². The average molecular weight is 411 g/mol. The van der Waals surface area contributed by atoms with E-state index in [4.69, 9.17) is 4.74 Å². The summed E-state index contributed by atoms with van der Waals surface area (Å²) >= 11 is 0. The minimum Gasteiger partial charge on any atom is -0.479 e. The number of halogens is 3. The zero-order valence-corrected chi connectivity index (χ0v) is 16.2. The van der Waals surface area contributed by atoms with Gasteiger partial charge in [-0.3, -0.25) is 9.80 Å². The predicted molar refractivity (Wildman–Crippen MR) is 99.9 cm³/mol. The van der Waals surface area contributed by atoms with Crippen molar-refractivity contribution in [2.45, 2.75) is 19.1 Å². The Hall–Kier alpha value is -3.44. The molecule has 29 heavy (non-hydrogen) atoms. The highest BCUT2D eigenvalue weighted by molar-refractivity contribution is 6.22. The summed E-state index contributed by atoms with van der Waals surface area (Å²) in [5, 5.41) is 15.2. The Kier molecular flexibility index (Phi) is 6.56. The van der Waals surface area contributed by atoms with Crippen LogP contribution >= 0.6 is 0 Å². The van der Waals surface area contributed by atoms with Gasteiger partial charge in [0.2, 0.25) is 5.90 Å². The summed E-state index contributed by atoms with van der Waals surface area (Å²) in [6.07, 6.45) is -3.51. The van der Waals surface area contributed by atoms with Gasteiger partial charge in [-0.1, -0.05) is 12.6 Å². The van der Waals surface area contributed by atoms with E-state index in [1.54, 1.807) is 14.1 Å². The minimum atomic E-state index is -4.48. The number of hydrogen-bond donors (Lipinski definition) is 1. The molecule has 0 bridgehead atoms. The quantitative estimate of drug-likeness (QED) is 0.340. The van der Waals surface area contributed by atoms with Crippen molar-refractivity contribution in [2.75, 3.05) is 26.5 Å². The van der Waals surface area contributed by atoms with Crippen molar-refractivity contribution in [1.82, 2.24) is 24.8 Å². The van der Waals surface area contributed by atoms with E-state index < -0.39 is 18.1 Å². The maximum absolute atomic E-state index is 13.1. The fraction of sp³-hybridized carbons (Fsp3) is 0.353. The van der Waals surface area contributed by atoms with Gasteiger partial charge in [0, 0.05) is 14.1 Å². The minimum absolute atomic E-state index is 0.00222. The van der Waals surface area contributed by atoms with Crippen LogP contribution in [0.1, 0.15) is 13.0 Å². The van der Waals surface area contributed by atoms with Crippen molar-refractivity contribution in [3.63, 3.8) is 0 Å². The van der Waals surface area contributed by atoms with Crippen LogP contribution in [0.25, 0.3) is 11.5 Å². The largest absolute Gasteiger partial charge is 0.479 e. The maximum Gasteiger partial charge on any atom is 0.408 e. The first-order chi connectivity index (χ1) is 13.5. The third-order valence-electron chi connectivity index (χ3n) is 3.70. The Balaban J connectivity index is 2.27. The molecular formula is C17H20F3N7O2. The lowest BCUT2D eigenvalue weighted by Gasteiger charge is -2.18. The van der Waals surface area contributed by atoms with Crippen molar-refractivity contribution >= 4 is 17.6 Å². The zero-order chi connectivity index (χ0) is 21.8. The van der Waals surface area contributed by atoms with E-state index in [1.807, 2.05) is 0 Å². The number of carbonyl (C=O) groups excluding carboxylic acids is 1. The molecule has 9 nitrogen and oxygen atoms in total. The van der Waals surface area contributed by atoms with Gasteiger partial charge in [-0.15, -0.1) is 15.3 Å². The number of rotatable bonds is 6. The zero-order valence-electron chi connectivity index (χ0n) is 16.2. The van der Waals surface area contributed by atoms with Crippen LogP contribution < -0.4 is 5.32 Å². The Morgan fingerprint density at radius 3 is 2.66 bits per heavy atom. The number of carbonyl (C=O) groups is 1. The number of nitrogens with one attached hydrogen (secondary N) is 1. The second kappa shape index (κ2) is 8.71. The maximum atomic E-state index is 13.1. The normalized spacial score (nSPS) is 13.0. The van der Waals surface area contributed by atoms with Crippen molar-refractivity contribution in [2.24, 2.45) is 5.10 Å². The van der Waals surface area contributed by atoms with Gasteiger partial charge in [-0.25, -0.2) is 4.98 Å². The fourth-order valence-electron chi connectivity index (χ4n) is 2.19. The number of ether oxygens (including phenoxy) is 1. The number of alkyl halides is 3. The van der Waals surface area contributed by atoms with Gasteiger partial charge in [0.05, 0.1) is 12.7 Å². The van der Waals surface area contributed by atoms with Crippen molar-refractivity contribution in [3.8, 4) is 11.5 Å². The molecule has 1 N–H and O–H groups in total. The number of nitrogens with zero attached hydrogens (tertiary/aromatic N) is 6. The summed E-state index contributed by atoms with van der Waals surface area (Å²) in [6, 6.07) is 2.60. The fourth-order valence-corrected chi connectivity index (χ4v) is 2.19. The summed E-state index contributed by atoms with van der Waals surface area (Å²) in [7, 11) is 4.63. The van der Waals surface area contributed by atoms with E-state index in [2.05, 4.69) is 32.2 Å². The van der Waals surface area contributed by atoms with Gasteiger partial charge < -0.3 is 14.6 Å². The van der Waals surface area contributed by atoms with E-state index in [-0.39, 0.29) is 28.8 Å². The molecule has 0 saturated carbocycles. The SMILES string of the molecule is C=C(C(=O)Nc1cccc(-c2nncn2[C@@H](C)C(F)(F)F)n1)/C(=N\N(C)C)OC. The van der Waals surface area contributed by atoms with E-state index in [1.165, 1.54) is 30.3 Å². The van der Waals surface area contributed by atoms with Gasteiger partial charge in [-0.05, 0) is 19.1 Å². The second-order valence-electron chi connectivity index (χ2n) is 6.08. The van der Waals surface area contributed by atoms with Gasteiger partial charge in [0.25, 0.3) is 5.91 Å². The van der Waals surface area contributed by atoms with Gasteiger partial charge in [0.15, 0.2) is 5.82 Å². The Labute approximate surface area is 164 Å². The standard InChI is InChI=1S/C17H20F3N7O2/c1-10(16(29-5)25-26(3)4)15(28)23-13-8-6-7-12(22-13)14-24-21-9-27(14)11(2)17(18,19)20/h6-9,11H,1H2,2-5H3,(H,22,23,28)/b25-16+/t11-/m0/s1. The van der Waals surface area contributed by atoms with Crippen LogP contribution in [0.2, 0.25) is 0 Å². The monoisotopic (exact) mass is 411 g/mol. The van der Waals surface area contributed by atoms with Crippen LogP contribution in [0.3, 0.4) is 0 Å². The molecule has 2 heterocycles. The number of aromatic nitrogens is 4. The van der Waals surface area contributed by atoms with E-state index in [9.17, 15) is 18.0 Å². The molecule has 2 aromatic heterocycles. The first-order valence-corrected chi connectivity index (χ1v) is 8.28. The molecule has 0 aliphatic carbocycles. The molecule has 0 aromatic carbocycles. The van der Waals surface area contributed by atoms with Crippen LogP contribution in [0.4, 0.5) is 19.0 Å². The highest BCUT2D eigenvalue weighted by Gasteiger charge is 2.38. The van der Waals surface area contributed by atoms with Crippen LogP contribution in [0, 0.1) is 0 Å². The summed E-state index contributed by atoms with van der Waals surface area (Å²) < 4.78 is 45.1. The molecule has 0 aliphatic heterocycles. The lowest BCUT2D eigenvalue weighted by molar-refractivity contribution is -0.162. The van der Waals surface area contributed by atoms with Crippen molar-refractivity contribution < 1.29 is 22.7 Å². The highest BCUT2D eigenvalue weighted by Crippen LogP contribution is 2.32. The second-order valence-corrected chi connectivity index (χ2v) is 6.08. The number of pyridine rings is 1. The molecule has 0 aliphatic rings. The van der Waals surface area contributed by atoms with Crippen LogP contribution in [0.15, 0.2) is 41.8 Å². The third-order valence-corrected chi connectivity index (χ3v) is 3.70. The Morgan fingerprint density at radius 2 is 2.07 bits per heavy atom. The number of methoxy groups -OCH3 is 1. The van der Waals surface area contributed by atoms with Gasteiger partial charge in [0.1, 0.15) is 23.9 Å². The molecule has 2 rings (SSSR count). The molecule has 12 heteroatoms. The molecule has 0 fully saturated rings. The lowest BCUT2D eigenvalue weighted by atomic mass is 10.2. The Bertz CT molecular complexity index is 922. The molecule has 0 unspecified atom stereocenters. The topological polar surface area (TPSA) is 97.5 Å². The van der Waals surface area contributed by atoms with Crippen molar-refractivity contribution in [3.05, 3.63) is 36.7 Å². The molecule has 0 spiro atoms. The number of anilines is 1. The summed E-state index contributed by atoms with van der Waals surface area (Å²) in [4.78, 5) is 16.5. The van der Waals surface area contributed by atoms with Crippen LogP contribution in [0.5, 0.6) is 0 Å². The number of amides is 1. The molecule has 1 amide bonds. The van der Waals surface area contributed by atoms with Gasteiger partial charge >= 0.3 is 6.18 Å². The molecule has 156 valence electrons. The summed E-state index contributed by atoms with van der Waals surface area (Å²) in [5.41, 5.74) is 0.0539. The molecule has 2 aromatic rings. The van der Waals surface area contributed by atoms with Crippen molar-refractivity contribution in [1.29, 1.82) is 0 Å². The van der Waals surface area contributed by atoms with Gasteiger partial charge in [-0.2, -0.15) is 13.2 Å².